The van der Waals surface area contributed by atoms with Crippen molar-refractivity contribution in [2.45, 2.75) is 12.8 Å². The Labute approximate surface area is 135 Å². The van der Waals surface area contributed by atoms with Gasteiger partial charge in [0, 0.05) is 11.6 Å². The van der Waals surface area contributed by atoms with Gasteiger partial charge in [-0.1, -0.05) is 41.9 Å². The predicted octanol–water partition coefficient (Wildman–Crippen LogP) is 3.61. The van der Waals surface area contributed by atoms with Crippen LogP contribution in [0.25, 0.3) is 0 Å². The van der Waals surface area contributed by atoms with Gasteiger partial charge in [-0.15, -0.1) is 0 Å². The Morgan fingerprint density at radius 3 is 2.45 bits per heavy atom. The third kappa shape index (κ3) is 6.06. The lowest BCUT2D eigenvalue weighted by atomic mass is 10.1. The summed E-state index contributed by atoms with van der Waals surface area (Å²) in [5, 5.41) is 6.09. The summed E-state index contributed by atoms with van der Waals surface area (Å²) in [5.74, 6) is 0.661. The van der Waals surface area contributed by atoms with Crippen LogP contribution in [-0.2, 0) is 6.42 Å². The third-order valence-electron chi connectivity index (χ3n) is 3.06. The standard InChI is InChI=1S/C17H19ClN2O2/c18-15-8-10-16(11-9-15)22-13-20-17(21)19-12-4-7-14-5-2-1-3-6-14/h1-3,5-6,8-11H,4,7,12-13H2,(H2,19,20,21). The van der Waals surface area contributed by atoms with Crippen LogP contribution in [-0.4, -0.2) is 19.3 Å². The minimum Gasteiger partial charge on any atom is -0.473 e. The Kier molecular flexibility index (Phi) is 6.58. The molecule has 2 rings (SSSR count). The molecular formula is C17H19ClN2O2. The van der Waals surface area contributed by atoms with Crippen LogP contribution in [0.15, 0.2) is 54.6 Å². The number of ether oxygens (including phenoxy) is 1. The highest BCUT2D eigenvalue weighted by Crippen LogP contribution is 2.14. The molecule has 2 aromatic carbocycles. The zero-order chi connectivity index (χ0) is 15.6. The topological polar surface area (TPSA) is 50.4 Å². The van der Waals surface area contributed by atoms with E-state index in [-0.39, 0.29) is 12.8 Å². The summed E-state index contributed by atoms with van der Waals surface area (Å²) in [7, 11) is 0. The van der Waals surface area contributed by atoms with E-state index in [1.54, 1.807) is 24.3 Å². The van der Waals surface area contributed by atoms with E-state index in [1.807, 2.05) is 18.2 Å². The van der Waals surface area contributed by atoms with Crippen molar-refractivity contribution >= 4 is 17.6 Å². The zero-order valence-corrected chi connectivity index (χ0v) is 13.0. The second kappa shape index (κ2) is 8.95. The van der Waals surface area contributed by atoms with E-state index < -0.39 is 0 Å². The van der Waals surface area contributed by atoms with Crippen molar-refractivity contribution in [1.82, 2.24) is 10.6 Å². The number of urea groups is 1. The normalized spacial score (nSPS) is 10.0. The van der Waals surface area contributed by atoms with E-state index in [0.717, 1.165) is 12.8 Å². The van der Waals surface area contributed by atoms with Crippen molar-refractivity contribution in [3.05, 3.63) is 65.2 Å². The minimum atomic E-state index is -0.234. The van der Waals surface area contributed by atoms with Crippen molar-refractivity contribution in [3.8, 4) is 5.75 Å². The molecule has 2 N–H and O–H groups in total. The van der Waals surface area contributed by atoms with Gasteiger partial charge in [0.05, 0.1) is 0 Å². The van der Waals surface area contributed by atoms with E-state index in [0.29, 0.717) is 17.3 Å². The van der Waals surface area contributed by atoms with Gasteiger partial charge < -0.3 is 15.4 Å². The van der Waals surface area contributed by atoms with Gasteiger partial charge in [0.2, 0.25) is 0 Å². The number of rotatable bonds is 7. The van der Waals surface area contributed by atoms with Crippen LogP contribution in [0.1, 0.15) is 12.0 Å². The van der Waals surface area contributed by atoms with E-state index in [4.69, 9.17) is 16.3 Å². The van der Waals surface area contributed by atoms with Crippen molar-refractivity contribution in [2.75, 3.05) is 13.3 Å². The smallest absolute Gasteiger partial charge is 0.317 e. The zero-order valence-electron chi connectivity index (χ0n) is 12.2. The first-order valence-electron chi connectivity index (χ1n) is 7.18. The molecule has 0 spiro atoms. The molecule has 0 atom stereocenters. The average molecular weight is 319 g/mol. The highest BCUT2D eigenvalue weighted by molar-refractivity contribution is 6.30. The van der Waals surface area contributed by atoms with Crippen LogP contribution < -0.4 is 15.4 Å². The van der Waals surface area contributed by atoms with Gasteiger partial charge in [0.1, 0.15) is 5.75 Å². The SMILES string of the molecule is O=C(NCCCc1ccccc1)NCOc1ccc(Cl)cc1. The van der Waals surface area contributed by atoms with Gasteiger partial charge in [-0.05, 0) is 42.7 Å². The van der Waals surface area contributed by atoms with Gasteiger partial charge >= 0.3 is 6.03 Å². The Morgan fingerprint density at radius 1 is 1.00 bits per heavy atom. The number of carbonyl (C=O) groups is 1. The number of halogens is 1. The Morgan fingerprint density at radius 2 is 1.73 bits per heavy atom. The molecule has 0 aliphatic heterocycles. The molecule has 5 heteroatoms. The highest BCUT2D eigenvalue weighted by Gasteiger charge is 2.00. The van der Waals surface area contributed by atoms with E-state index in [2.05, 4.69) is 22.8 Å². The molecule has 0 heterocycles. The molecule has 0 unspecified atom stereocenters. The molecule has 0 saturated heterocycles. The summed E-state index contributed by atoms with van der Waals surface area (Å²) in [5.41, 5.74) is 1.27. The van der Waals surface area contributed by atoms with Gasteiger partial charge in [-0.25, -0.2) is 4.79 Å². The maximum atomic E-state index is 11.6. The van der Waals surface area contributed by atoms with Gasteiger partial charge in [0.25, 0.3) is 0 Å². The van der Waals surface area contributed by atoms with Gasteiger partial charge in [-0.3, -0.25) is 0 Å². The molecule has 0 fully saturated rings. The van der Waals surface area contributed by atoms with Crippen molar-refractivity contribution in [2.24, 2.45) is 0 Å². The Balaban J connectivity index is 1.55. The van der Waals surface area contributed by atoms with Gasteiger partial charge in [0.15, 0.2) is 6.73 Å². The average Bonchev–Trinajstić information content (AvgIpc) is 2.54. The Hall–Kier alpha value is -2.20. The molecule has 2 amide bonds. The molecule has 0 radical (unpaired) electrons. The highest BCUT2D eigenvalue weighted by atomic mass is 35.5. The molecule has 0 aliphatic carbocycles. The first kappa shape index (κ1) is 16.2. The van der Waals surface area contributed by atoms with Crippen LogP contribution >= 0.6 is 11.6 Å². The molecule has 0 bridgehead atoms. The van der Waals surface area contributed by atoms with Crippen LogP contribution in [0, 0.1) is 0 Å². The maximum absolute atomic E-state index is 11.6. The predicted molar refractivity (Wildman–Crippen MR) is 88.2 cm³/mol. The molecule has 0 aromatic heterocycles. The summed E-state index contributed by atoms with van der Waals surface area (Å²) in [6.07, 6.45) is 1.85. The fourth-order valence-corrected chi connectivity index (χ4v) is 2.04. The number of benzene rings is 2. The first-order valence-corrected chi connectivity index (χ1v) is 7.56. The van der Waals surface area contributed by atoms with Crippen molar-refractivity contribution in [1.29, 1.82) is 0 Å². The minimum absolute atomic E-state index is 0.117. The molecule has 22 heavy (non-hydrogen) atoms. The summed E-state index contributed by atoms with van der Waals surface area (Å²) >= 11 is 5.78. The second-order valence-corrected chi connectivity index (χ2v) is 5.20. The summed E-state index contributed by atoms with van der Waals surface area (Å²) in [4.78, 5) is 11.6. The monoisotopic (exact) mass is 318 g/mol. The third-order valence-corrected chi connectivity index (χ3v) is 3.31. The number of amides is 2. The van der Waals surface area contributed by atoms with E-state index in [9.17, 15) is 4.79 Å². The fraction of sp³-hybridized carbons (Fsp3) is 0.235. The number of hydrogen-bond acceptors (Lipinski definition) is 2. The number of nitrogens with one attached hydrogen (secondary N) is 2. The molecule has 4 nitrogen and oxygen atoms in total. The van der Waals surface area contributed by atoms with Crippen LogP contribution in [0.3, 0.4) is 0 Å². The van der Waals surface area contributed by atoms with E-state index >= 15 is 0 Å². The van der Waals surface area contributed by atoms with Crippen LogP contribution in [0.4, 0.5) is 4.79 Å². The fourth-order valence-electron chi connectivity index (χ4n) is 1.92. The van der Waals surface area contributed by atoms with Crippen molar-refractivity contribution in [3.63, 3.8) is 0 Å². The van der Waals surface area contributed by atoms with Crippen molar-refractivity contribution < 1.29 is 9.53 Å². The summed E-state index contributed by atoms with van der Waals surface area (Å²) in [6.45, 7) is 0.744. The molecule has 116 valence electrons. The second-order valence-electron chi connectivity index (χ2n) is 4.76. The molecular weight excluding hydrogens is 300 g/mol. The molecule has 0 saturated carbocycles. The quantitative estimate of drug-likeness (QED) is 0.605. The maximum Gasteiger partial charge on any atom is 0.317 e. The first-order chi connectivity index (χ1) is 10.7. The van der Waals surface area contributed by atoms with Gasteiger partial charge in [-0.2, -0.15) is 0 Å². The van der Waals surface area contributed by atoms with Crippen LogP contribution in [0.2, 0.25) is 5.02 Å². The molecule has 2 aromatic rings. The lowest BCUT2D eigenvalue weighted by Gasteiger charge is -2.09. The largest absolute Gasteiger partial charge is 0.473 e. The van der Waals surface area contributed by atoms with Crippen LogP contribution in [0.5, 0.6) is 5.75 Å². The summed E-state index contributed by atoms with van der Waals surface area (Å²) < 4.78 is 5.38. The summed E-state index contributed by atoms with van der Waals surface area (Å²) in [6, 6.07) is 16.9. The lowest BCUT2D eigenvalue weighted by Crippen LogP contribution is -2.38. The van der Waals surface area contributed by atoms with E-state index in [1.165, 1.54) is 5.56 Å². The number of aryl methyl sites for hydroxylation is 1. The Bertz CT molecular complexity index is 573. The lowest BCUT2D eigenvalue weighted by molar-refractivity contribution is 0.224. The molecule has 0 aliphatic rings. The number of hydrogen-bond donors (Lipinski definition) is 2. The number of carbonyl (C=O) groups excluding carboxylic acids is 1.